The zero-order valence-electron chi connectivity index (χ0n) is 12.6. The Labute approximate surface area is 120 Å². The molecule has 0 bridgehead atoms. The maximum Gasteiger partial charge on any atom is 0.224 e. The van der Waals surface area contributed by atoms with Crippen molar-refractivity contribution in [2.24, 2.45) is 5.92 Å². The molecule has 0 aliphatic carbocycles. The molecule has 0 fully saturated rings. The van der Waals surface area contributed by atoms with Crippen molar-refractivity contribution in [3.8, 4) is 0 Å². The zero-order chi connectivity index (χ0) is 14.8. The van der Waals surface area contributed by atoms with E-state index in [1.807, 2.05) is 6.92 Å². The van der Waals surface area contributed by atoms with Crippen molar-refractivity contribution in [2.75, 3.05) is 36.9 Å². The average Bonchev–Trinajstić information content (AvgIpc) is 2.42. The van der Waals surface area contributed by atoms with Gasteiger partial charge in [0, 0.05) is 26.3 Å². The predicted octanol–water partition coefficient (Wildman–Crippen LogP) is 2.91. The molecule has 0 atom stereocenters. The van der Waals surface area contributed by atoms with E-state index in [9.17, 15) is 4.39 Å². The molecule has 0 aliphatic heterocycles. The number of anilines is 2. The Morgan fingerprint density at radius 1 is 1.30 bits per heavy atom. The van der Waals surface area contributed by atoms with Crippen molar-refractivity contribution in [3.63, 3.8) is 0 Å². The third-order valence-corrected chi connectivity index (χ3v) is 2.49. The highest BCUT2D eigenvalue weighted by Crippen LogP contribution is 2.11. The summed E-state index contributed by atoms with van der Waals surface area (Å²) in [5.74, 6) is 0.791. The fourth-order valence-electron chi connectivity index (χ4n) is 1.51. The van der Waals surface area contributed by atoms with Crippen molar-refractivity contribution >= 4 is 11.8 Å². The molecule has 1 aromatic heterocycles. The normalized spacial score (nSPS) is 10.8. The molecule has 5 nitrogen and oxygen atoms in total. The second kappa shape index (κ2) is 9.47. The topological polar surface area (TPSA) is 59.1 Å². The van der Waals surface area contributed by atoms with Gasteiger partial charge in [-0.25, -0.2) is 9.37 Å². The van der Waals surface area contributed by atoms with Crippen LogP contribution in [0.5, 0.6) is 0 Å². The van der Waals surface area contributed by atoms with Gasteiger partial charge in [-0.2, -0.15) is 4.98 Å². The second-order valence-corrected chi connectivity index (χ2v) is 5.07. The van der Waals surface area contributed by atoms with Gasteiger partial charge in [0.15, 0.2) is 11.6 Å². The molecule has 0 aliphatic rings. The number of hydrogen-bond donors (Lipinski definition) is 2. The lowest BCUT2D eigenvalue weighted by molar-refractivity contribution is 0.110. The van der Waals surface area contributed by atoms with Crippen molar-refractivity contribution in [1.29, 1.82) is 0 Å². The van der Waals surface area contributed by atoms with Crippen LogP contribution >= 0.6 is 0 Å². The molecule has 1 heterocycles. The van der Waals surface area contributed by atoms with Crippen LogP contribution in [0.15, 0.2) is 6.20 Å². The van der Waals surface area contributed by atoms with Crippen LogP contribution in [-0.2, 0) is 4.74 Å². The number of rotatable bonds is 10. The summed E-state index contributed by atoms with van der Waals surface area (Å²) in [7, 11) is 0. The number of nitrogens with zero attached hydrogens (tertiary/aromatic N) is 2. The molecular formula is C14H25FN4O. The third-order valence-electron chi connectivity index (χ3n) is 2.49. The van der Waals surface area contributed by atoms with Gasteiger partial charge in [0.1, 0.15) is 0 Å². The van der Waals surface area contributed by atoms with Crippen LogP contribution in [0.1, 0.15) is 33.6 Å². The maximum atomic E-state index is 13.5. The van der Waals surface area contributed by atoms with Gasteiger partial charge >= 0.3 is 0 Å². The summed E-state index contributed by atoms with van der Waals surface area (Å²) < 4.78 is 19.0. The van der Waals surface area contributed by atoms with Crippen LogP contribution in [0.4, 0.5) is 16.2 Å². The first-order chi connectivity index (χ1) is 9.63. The molecule has 0 saturated heterocycles. The SMILES string of the molecule is CCCNc1ncc(F)c(NCCCOCC(C)C)n1. The molecule has 0 spiro atoms. The lowest BCUT2D eigenvalue weighted by atomic mass is 10.2. The van der Waals surface area contributed by atoms with E-state index in [2.05, 4.69) is 34.4 Å². The van der Waals surface area contributed by atoms with E-state index in [1.165, 1.54) is 6.20 Å². The predicted molar refractivity (Wildman–Crippen MR) is 79.5 cm³/mol. The molecular weight excluding hydrogens is 259 g/mol. The molecule has 0 aromatic carbocycles. The minimum absolute atomic E-state index is 0.238. The number of halogens is 1. The van der Waals surface area contributed by atoms with E-state index in [1.54, 1.807) is 0 Å². The van der Waals surface area contributed by atoms with E-state index in [0.717, 1.165) is 26.0 Å². The molecule has 1 rings (SSSR count). The fraction of sp³-hybridized carbons (Fsp3) is 0.714. The molecule has 0 amide bonds. The molecule has 114 valence electrons. The van der Waals surface area contributed by atoms with E-state index in [-0.39, 0.29) is 5.82 Å². The summed E-state index contributed by atoms with van der Waals surface area (Å²) >= 11 is 0. The van der Waals surface area contributed by atoms with Crippen molar-refractivity contribution < 1.29 is 9.13 Å². The third kappa shape index (κ3) is 6.65. The fourth-order valence-corrected chi connectivity index (χ4v) is 1.51. The van der Waals surface area contributed by atoms with Crippen LogP contribution in [0.3, 0.4) is 0 Å². The summed E-state index contributed by atoms with van der Waals surface area (Å²) in [6.45, 7) is 9.09. The Kier molecular flexibility index (Phi) is 7.87. The summed E-state index contributed by atoms with van der Waals surface area (Å²) in [4.78, 5) is 8.00. The first kappa shape index (κ1) is 16.6. The molecule has 20 heavy (non-hydrogen) atoms. The lowest BCUT2D eigenvalue weighted by Crippen LogP contribution is -2.12. The van der Waals surface area contributed by atoms with Gasteiger partial charge in [0.05, 0.1) is 6.20 Å². The van der Waals surface area contributed by atoms with Crippen molar-refractivity contribution in [1.82, 2.24) is 9.97 Å². The summed E-state index contributed by atoms with van der Waals surface area (Å²) in [5.41, 5.74) is 0. The Morgan fingerprint density at radius 2 is 2.10 bits per heavy atom. The molecule has 6 heteroatoms. The standard InChI is InChI=1S/C14H25FN4O/c1-4-6-17-14-18-9-12(15)13(19-14)16-7-5-8-20-10-11(2)3/h9,11H,4-8,10H2,1-3H3,(H2,16,17,18,19). The Hall–Kier alpha value is -1.43. The van der Waals surface area contributed by atoms with Gasteiger partial charge < -0.3 is 15.4 Å². The van der Waals surface area contributed by atoms with E-state index in [0.29, 0.717) is 25.0 Å². The van der Waals surface area contributed by atoms with Gasteiger partial charge in [0.25, 0.3) is 0 Å². The molecule has 0 unspecified atom stereocenters. The van der Waals surface area contributed by atoms with E-state index < -0.39 is 5.82 Å². The van der Waals surface area contributed by atoms with Crippen LogP contribution in [-0.4, -0.2) is 36.3 Å². The van der Waals surface area contributed by atoms with Gasteiger partial charge in [-0.3, -0.25) is 0 Å². The first-order valence-corrected chi connectivity index (χ1v) is 7.21. The van der Waals surface area contributed by atoms with E-state index >= 15 is 0 Å². The summed E-state index contributed by atoms with van der Waals surface area (Å²) in [5, 5.41) is 6.00. The highest BCUT2D eigenvalue weighted by atomic mass is 19.1. The maximum absolute atomic E-state index is 13.5. The Bertz CT molecular complexity index is 387. The second-order valence-electron chi connectivity index (χ2n) is 5.07. The number of hydrogen-bond acceptors (Lipinski definition) is 5. The quantitative estimate of drug-likeness (QED) is 0.647. The van der Waals surface area contributed by atoms with Gasteiger partial charge in [-0.15, -0.1) is 0 Å². The van der Waals surface area contributed by atoms with Crippen molar-refractivity contribution in [3.05, 3.63) is 12.0 Å². The summed E-state index contributed by atoms with van der Waals surface area (Å²) in [6.07, 6.45) is 2.97. The number of ether oxygens (including phenoxy) is 1. The minimum Gasteiger partial charge on any atom is -0.381 e. The summed E-state index contributed by atoms with van der Waals surface area (Å²) in [6, 6.07) is 0. The average molecular weight is 284 g/mol. The van der Waals surface area contributed by atoms with Crippen LogP contribution in [0, 0.1) is 11.7 Å². The smallest absolute Gasteiger partial charge is 0.224 e. The van der Waals surface area contributed by atoms with Gasteiger partial charge in [-0.05, 0) is 18.8 Å². The van der Waals surface area contributed by atoms with Gasteiger partial charge in [0.2, 0.25) is 5.95 Å². The lowest BCUT2D eigenvalue weighted by Gasteiger charge is -2.10. The first-order valence-electron chi connectivity index (χ1n) is 7.21. The molecule has 2 N–H and O–H groups in total. The monoisotopic (exact) mass is 284 g/mol. The zero-order valence-corrected chi connectivity index (χ0v) is 12.6. The van der Waals surface area contributed by atoms with Crippen LogP contribution in [0.25, 0.3) is 0 Å². The Morgan fingerprint density at radius 3 is 2.80 bits per heavy atom. The molecule has 1 aromatic rings. The number of aromatic nitrogens is 2. The minimum atomic E-state index is -0.435. The van der Waals surface area contributed by atoms with Crippen molar-refractivity contribution in [2.45, 2.75) is 33.6 Å². The number of nitrogens with one attached hydrogen (secondary N) is 2. The molecule has 0 radical (unpaired) electrons. The highest BCUT2D eigenvalue weighted by Gasteiger charge is 2.05. The highest BCUT2D eigenvalue weighted by molar-refractivity contribution is 5.40. The largest absolute Gasteiger partial charge is 0.381 e. The van der Waals surface area contributed by atoms with Crippen LogP contribution < -0.4 is 10.6 Å². The molecule has 0 saturated carbocycles. The van der Waals surface area contributed by atoms with Gasteiger partial charge in [-0.1, -0.05) is 20.8 Å². The van der Waals surface area contributed by atoms with Crippen LogP contribution in [0.2, 0.25) is 0 Å². The Balaban J connectivity index is 2.31. The van der Waals surface area contributed by atoms with E-state index in [4.69, 9.17) is 4.74 Å².